The summed E-state index contributed by atoms with van der Waals surface area (Å²) in [5.74, 6) is 0. The van der Waals surface area contributed by atoms with Gasteiger partial charge >= 0.3 is 0 Å². The van der Waals surface area contributed by atoms with E-state index in [4.69, 9.17) is 0 Å². The van der Waals surface area contributed by atoms with Crippen LogP contribution in [0.15, 0.2) is 16.1 Å². The van der Waals surface area contributed by atoms with Gasteiger partial charge in [0.1, 0.15) is 5.69 Å². The van der Waals surface area contributed by atoms with E-state index in [1.165, 1.54) is 10.9 Å². The Kier molecular flexibility index (Phi) is 12.6. The summed E-state index contributed by atoms with van der Waals surface area (Å²) in [5.41, 5.74) is 1.04. The number of aliphatic imine (C=N–C) groups is 1. The molecule has 0 bridgehead atoms. The monoisotopic (exact) mass is 253 g/mol. The zero-order valence-electron chi connectivity index (χ0n) is 12.8. The van der Waals surface area contributed by atoms with Crippen molar-refractivity contribution >= 4 is 11.9 Å². The van der Waals surface area contributed by atoms with Crippen LogP contribution in [0.25, 0.3) is 0 Å². The second kappa shape index (κ2) is 12.0. The zero-order valence-corrected chi connectivity index (χ0v) is 12.8. The van der Waals surface area contributed by atoms with Gasteiger partial charge < -0.3 is 4.57 Å². The number of rotatable bonds is 3. The van der Waals surface area contributed by atoms with Crippen LogP contribution in [0.2, 0.25) is 0 Å². The van der Waals surface area contributed by atoms with Gasteiger partial charge in [-0.2, -0.15) is 0 Å². The third-order valence-electron chi connectivity index (χ3n) is 1.93. The Morgan fingerprint density at radius 2 is 1.89 bits per heavy atom. The van der Waals surface area contributed by atoms with Gasteiger partial charge in [0.15, 0.2) is 0 Å². The first-order valence-corrected chi connectivity index (χ1v) is 6.71. The van der Waals surface area contributed by atoms with E-state index < -0.39 is 0 Å². The molecule has 1 aromatic heterocycles. The van der Waals surface area contributed by atoms with E-state index >= 15 is 0 Å². The maximum absolute atomic E-state index is 11.6. The van der Waals surface area contributed by atoms with Crippen molar-refractivity contribution in [3.63, 3.8) is 0 Å². The van der Waals surface area contributed by atoms with Crippen LogP contribution in [0.5, 0.6) is 0 Å². The smallest absolute Gasteiger partial charge is 0.279 e. The van der Waals surface area contributed by atoms with E-state index in [1.54, 1.807) is 20.2 Å². The molecule has 0 fully saturated rings. The van der Waals surface area contributed by atoms with Crippen LogP contribution in [0.1, 0.15) is 53.2 Å². The van der Waals surface area contributed by atoms with Crippen LogP contribution in [0.4, 0.5) is 5.69 Å². The van der Waals surface area contributed by atoms with E-state index in [2.05, 4.69) is 16.9 Å². The molecule has 1 heterocycles. The minimum Gasteiger partial charge on any atom is -0.301 e. The fourth-order valence-electron chi connectivity index (χ4n) is 1.04. The molecule has 1 aromatic rings. The zero-order chi connectivity index (χ0) is 14.6. The number of aryl methyl sites for hydroxylation is 2. The van der Waals surface area contributed by atoms with Gasteiger partial charge in [0, 0.05) is 13.3 Å². The van der Waals surface area contributed by atoms with Crippen molar-refractivity contribution in [1.29, 1.82) is 0 Å². The summed E-state index contributed by atoms with van der Waals surface area (Å²) in [4.78, 5) is 19.8. The van der Waals surface area contributed by atoms with Gasteiger partial charge in [-0.05, 0) is 13.3 Å². The Bertz CT molecular complexity index is 395. The Morgan fingerprint density at radius 1 is 1.33 bits per heavy atom. The Hall–Kier alpha value is -1.45. The lowest BCUT2D eigenvalue weighted by Crippen LogP contribution is -2.17. The standard InChI is InChI=1S/C10H15N3O.2C2H6/c1-4-5-6-11-9-8(2)12-7-13(3)10(9)14;2*1-2/h6-7H,4-5H2,1-3H3;2*1-2H3. The summed E-state index contributed by atoms with van der Waals surface area (Å²) in [6.45, 7) is 11.9. The summed E-state index contributed by atoms with van der Waals surface area (Å²) in [7, 11) is 1.67. The molecule has 0 saturated carbocycles. The fraction of sp³-hybridized carbons (Fsp3) is 0.643. The van der Waals surface area contributed by atoms with Gasteiger partial charge in [0.25, 0.3) is 5.56 Å². The quantitative estimate of drug-likeness (QED) is 0.772. The maximum Gasteiger partial charge on any atom is 0.279 e. The molecule has 0 atom stereocenters. The van der Waals surface area contributed by atoms with Gasteiger partial charge in [0.05, 0.1) is 12.0 Å². The van der Waals surface area contributed by atoms with Gasteiger partial charge in [0.2, 0.25) is 0 Å². The predicted octanol–water partition coefficient (Wildman–Crippen LogP) is 3.64. The van der Waals surface area contributed by atoms with Crippen LogP contribution in [-0.2, 0) is 7.05 Å². The number of aromatic nitrogens is 2. The Labute approximate surface area is 111 Å². The summed E-state index contributed by atoms with van der Waals surface area (Å²) in [6, 6.07) is 0. The number of hydrogen-bond acceptors (Lipinski definition) is 3. The average Bonchev–Trinajstić information content (AvgIpc) is 2.43. The average molecular weight is 253 g/mol. The molecule has 0 aromatic carbocycles. The van der Waals surface area contributed by atoms with Crippen molar-refractivity contribution < 1.29 is 0 Å². The van der Waals surface area contributed by atoms with Crippen molar-refractivity contribution in [2.24, 2.45) is 12.0 Å². The minimum atomic E-state index is -0.0927. The fourth-order valence-corrected chi connectivity index (χ4v) is 1.04. The molecule has 4 heteroatoms. The molecule has 1 rings (SSSR count). The lowest BCUT2D eigenvalue weighted by molar-refractivity contribution is 0.814. The van der Waals surface area contributed by atoms with E-state index in [0.717, 1.165) is 12.8 Å². The molecule has 0 saturated heterocycles. The first-order valence-electron chi connectivity index (χ1n) is 6.71. The molecule has 0 amide bonds. The van der Waals surface area contributed by atoms with Crippen LogP contribution in [0.3, 0.4) is 0 Å². The third kappa shape index (κ3) is 6.33. The van der Waals surface area contributed by atoms with Gasteiger partial charge in [-0.25, -0.2) is 4.98 Å². The first kappa shape index (κ1) is 18.9. The summed E-state index contributed by atoms with van der Waals surface area (Å²) >= 11 is 0. The summed E-state index contributed by atoms with van der Waals surface area (Å²) < 4.78 is 1.44. The van der Waals surface area contributed by atoms with E-state index in [-0.39, 0.29) is 5.56 Å². The topological polar surface area (TPSA) is 47.2 Å². The SMILES string of the molecule is CC.CC.CCCC=Nc1c(C)ncn(C)c1=O. The molecular formula is C14H27N3O. The van der Waals surface area contributed by atoms with Crippen molar-refractivity contribution in [2.45, 2.75) is 54.4 Å². The van der Waals surface area contributed by atoms with Crippen LogP contribution in [0, 0.1) is 6.92 Å². The van der Waals surface area contributed by atoms with E-state index in [9.17, 15) is 4.79 Å². The third-order valence-corrected chi connectivity index (χ3v) is 1.93. The van der Waals surface area contributed by atoms with Gasteiger partial charge in [-0.3, -0.25) is 9.79 Å². The molecule has 0 N–H and O–H groups in total. The molecule has 4 nitrogen and oxygen atoms in total. The van der Waals surface area contributed by atoms with Gasteiger partial charge in [-0.1, -0.05) is 41.0 Å². The van der Waals surface area contributed by atoms with Crippen molar-refractivity contribution in [1.82, 2.24) is 9.55 Å². The van der Waals surface area contributed by atoms with Crippen LogP contribution < -0.4 is 5.56 Å². The molecule has 0 unspecified atom stereocenters. The maximum atomic E-state index is 11.6. The lowest BCUT2D eigenvalue weighted by Gasteiger charge is -2.00. The molecular weight excluding hydrogens is 226 g/mol. The summed E-state index contributed by atoms with van der Waals surface area (Å²) in [5, 5.41) is 0. The number of nitrogens with zero attached hydrogens (tertiary/aromatic N) is 3. The molecule has 104 valence electrons. The van der Waals surface area contributed by atoms with Crippen molar-refractivity contribution in [3.8, 4) is 0 Å². The lowest BCUT2D eigenvalue weighted by atomic mass is 10.3. The second-order valence-electron chi connectivity index (χ2n) is 3.19. The highest BCUT2D eigenvalue weighted by Gasteiger charge is 2.03. The largest absolute Gasteiger partial charge is 0.301 e. The molecule has 0 aliphatic carbocycles. The van der Waals surface area contributed by atoms with E-state index in [1.807, 2.05) is 27.7 Å². The summed E-state index contributed by atoms with van der Waals surface area (Å²) in [6.07, 6.45) is 5.20. The predicted molar refractivity (Wildman–Crippen MR) is 80.0 cm³/mol. The molecule has 0 radical (unpaired) electrons. The highest BCUT2D eigenvalue weighted by Crippen LogP contribution is 2.07. The molecule has 0 aliphatic heterocycles. The second-order valence-corrected chi connectivity index (χ2v) is 3.19. The first-order chi connectivity index (χ1) is 8.66. The minimum absolute atomic E-state index is 0.0927. The van der Waals surface area contributed by atoms with Crippen molar-refractivity contribution in [2.75, 3.05) is 0 Å². The highest BCUT2D eigenvalue weighted by atomic mass is 16.1. The Balaban J connectivity index is 0. The normalized spacial score (nSPS) is 9.28. The van der Waals surface area contributed by atoms with E-state index in [0.29, 0.717) is 11.4 Å². The van der Waals surface area contributed by atoms with Crippen LogP contribution in [-0.4, -0.2) is 15.8 Å². The number of unbranched alkanes of at least 4 members (excludes halogenated alkanes) is 1. The Morgan fingerprint density at radius 3 is 2.39 bits per heavy atom. The van der Waals surface area contributed by atoms with Crippen LogP contribution >= 0.6 is 0 Å². The molecule has 0 spiro atoms. The van der Waals surface area contributed by atoms with Gasteiger partial charge in [-0.15, -0.1) is 0 Å². The highest BCUT2D eigenvalue weighted by molar-refractivity contribution is 5.63. The molecule has 0 aliphatic rings. The van der Waals surface area contributed by atoms with Crippen molar-refractivity contribution in [3.05, 3.63) is 22.4 Å². The number of hydrogen-bond donors (Lipinski definition) is 0. The molecule has 18 heavy (non-hydrogen) atoms.